The van der Waals surface area contributed by atoms with Crippen LogP contribution in [-0.2, 0) is 0 Å². The maximum absolute atomic E-state index is 11.3. The zero-order chi connectivity index (χ0) is 13.1. The molecule has 6 N–H and O–H groups in total. The van der Waals surface area contributed by atoms with Crippen LogP contribution < -0.4 is 21.8 Å². The quantitative estimate of drug-likeness (QED) is 0.767. The summed E-state index contributed by atoms with van der Waals surface area (Å²) in [5.74, 6) is 0.0183. The summed E-state index contributed by atoms with van der Waals surface area (Å²) in [5, 5.41) is 3.27. The summed E-state index contributed by atoms with van der Waals surface area (Å²) in [6.45, 7) is 0. The van der Waals surface area contributed by atoms with E-state index in [0.717, 1.165) is 0 Å². The summed E-state index contributed by atoms with van der Waals surface area (Å²) in [5.41, 5.74) is 11.7. The van der Waals surface area contributed by atoms with Gasteiger partial charge in [0.15, 0.2) is 0 Å². The number of anilines is 3. The van der Waals surface area contributed by atoms with Gasteiger partial charge in [0.05, 0.1) is 17.4 Å². The molecule has 0 fully saturated rings. The van der Waals surface area contributed by atoms with Crippen LogP contribution in [0.15, 0.2) is 30.5 Å². The van der Waals surface area contributed by atoms with Crippen molar-refractivity contribution in [3.05, 3.63) is 41.0 Å². The van der Waals surface area contributed by atoms with E-state index in [9.17, 15) is 4.79 Å². The van der Waals surface area contributed by atoms with E-state index in [2.05, 4.69) is 15.3 Å². The van der Waals surface area contributed by atoms with Crippen LogP contribution in [0.25, 0.3) is 0 Å². The van der Waals surface area contributed by atoms with Crippen LogP contribution in [0.5, 0.6) is 0 Å². The molecule has 1 heterocycles. The summed E-state index contributed by atoms with van der Waals surface area (Å²) in [4.78, 5) is 17.9. The first-order valence-corrected chi connectivity index (χ1v) is 5.45. The van der Waals surface area contributed by atoms with E-state index in [1.54, 1.807) is 24.3 Å². The molecule has 1 aromatic carbocycles. The minimum atomic E-state index is -0.537. The third kappa shape index (κ3) is 2.49. The fraction of sp³-hybridized carbons (Fsp3) is 0. The molecule has 2 aromatic rings. The van der Waals surface area contributed by atoms with Gasteiger partial charge in [0, 0.05) is 0 Å². The van der Waals surface area contributed by atoms with Gasteiger partial charge in [-0.25, -0.2) is 4.98 Å². The molecule has 92 valence electrons. The highest BCUT2D eigenvalue weighted by Crippen LogP contribution is 2.24. The van der Waals surface area contributed by atoms with Gasteiger partial charge in [-0.3, -0.25) is 10.5 Å². The topological polar surface area (TPSA) is 108 Å². The second kappa shape index (κ2) is 4.89. The molecule has 0 radical (unpaired) electrons. The normalized spacial score (nSPS) is 10.1. The number of hydrogen-bond acceptors (Lipinski definition) is 4. The van der Waals surface area contributed by atoms with Gasteiger partial charge >= 0.3 is 5.95 Å². The Hall–Kier alpha value is -2.34. The highest BCUT2D eigenvalue weighted by atomic mass is 35.5. The standard InChI is InChI=1S/C11H10ClN5O/c12-7-5-15-11(14)17-10(7)16-8-4-2-1-3-6(8)9(13)18/h1-5H,(H2,13,18)(H3,14,15,16,17)/p+1. The van der Waals surface area contributed by atoms with Crippen LogP contribution in [-0.4, -0.2) is 10.9 Å². The van der Waals surface area contributed by atoms with Crippen molar-refractivity contribution in [3.63, 3.8) is 0 Å². The number of aromatic nitrogens is 2. The molecule has 18 heavy (non-hydrogen) atoms. The van der Waals surface area contributed by atoms with Gasteiger partial charge in [-0.05, 0) is 12.1 Å². The summed E-state index contributed by atoms with van der Waals surface area (Å²) in [6.07, 6.45) is 1.50. The summed E-state index contributed by atoms with van der Waals surface area (Å²) < 4.78 is 0. The molecule has 7 heteroatoms. The zero-order valence-electron chi connectivity index (χ0n) is 9.27. The third-order valence-corrected chi connectivity index (χ3v) is 2.54. The Kier molecular flexibility index (Phi) is 3.29. The number of nitrogen functional groups attached to an aromatic ring is 1. The highest BCUT2D eigenvalue weighted by Gasteiger charge is 2.13. The number of nitrogens with zero attached hydrogens (tertiary/aromatic N) is 1. The van der Waals surface area contributed by atoms with E-state index in [-0.39, 0.29) is 5.95 Å². The lowest BCUT2D eigenvalue weighted by Crippen LogP contribution is -2.15. The molecule has 0 saturated carbocycles. The van der Waals surface area contributed by atoms with Crippen molar-refractivity contribution in [2.75, 3.05) is 11.1 Å². The lowest BCUT2D eigenvalue weighted by atomic mass is 10.1. The Bertz CT molecular complexity index is 602. The number of amides is 1. The predicted molar refractivity (Wildman–Crippen MR) is 68.5 cm³/mol. The summed E-state index contributed by atoms with van der Waals surface area (Å²) >= 11 is 5.95. The van der Waals surface area contributed by atoms with Crippen LogP contribution in [0, 0.1) is 0 Å². The molecule has 0 bridgehead atoms. The molecule has 1 amide bonds. The van der Waals surface area contributed by atoms with Gasteiger partial charge in [-0.2, -0.15) is 0 Å². The van der Waals surface area contributed by atoms with E-state index in [4.69, 9.17) is 23.1 Å². The first-order chi connectivity index (χ1) is 8.58. The lowest BCUT2D eigenvalue weighted by Gasteiger charge is -2.07. The molecule has 0 spiro atoms. The molecule has 0 unspecified atom stereocenters. The number of primary amides is 1. The monoisotopic (exact) mass is 264 g/mol. The number of carbonyl (C=O) groups is 1. The molecule has 2 rings (SSSR count). The molecular weight excluding hydrogens is 254 g/mol. The SMILES string of the molecule is NC(=O)c1ccccc1Nc1nc(N)[nH+]cc1Cl. The maximum atomic E-state index is 11.3. The summed E-state index contributed by atoms with van der Waals surface area (Å²) in [7, 11) is 0. The van der Waals surface area contributed by atoms with Crippen LogP contribution in [0.3, 0.4) is 0 Å². The number of hydrogen-bond donors (Lipinski definition) is 3. The van der Waals surface area contributed by atoms with Crippen molar-refractivity contribution in [3.8, 4) is 0 Å². The predicted octanol–water partition coefficient (Wildman–Crippen LogP) is 0.974. The average Bonchev–Trinajstić information content (AvgIpc) is 2.34. The first kappa shape index (κ1) is 12.1. The van der Waals surface area contributed by atoms with Gasteiger partial charge in [0.2, 0.25) is 5.82 Å². The number of carbonyl (C=O) groups excluding carboxylic acids is 1. The molecule has 0 aliphatic carbocycles. The third-order valence-electron chi connectivity index (χ3n) is 2.25. The first-order valence-electron chi connectivity index (χ1n) is 5.07. The second-order valence-corrected chi connectivity index (χ2v) is 3.92. The maximum Gasteiger partial charge on any atom is 0.389 e. The molecule has 0 aliphatic rings. The number of nitrogens with two attached hydrogens (primary N) is 2. The minimum absolute atomic E-state index is 0.207. The Balaban J connectivity index is 2.40. The van der Waals surface area contributed by atoms with Crippen molar-refractivity contribution < 1.29 is 9.78 Å². The Morgan fingerprint density at radius 3 is 2.83 bits per heavy atom. The average molecular weight is 265 g/mol. The Morgan fingerprint density at radius 1 is 1.39 bits per heavy atom. The number of nitrogens with one attached hydrogen (secondary N) is 2. The molecule has 0 aliphatic heterocycles. The van der Waals surface area contributed by atoms with E-state index in [1.807, 2.05) is 0 Å². The van der Waals surface area contributed by atoms with Crippen molar-refractivity contribution >= 4 is 35.0 Å². The highest BCUT2D eigenvalue weighted by molar-refractivity contribution is 6.32. The van der Waals surface area contributed by atoms with Crippen molar-refractivity contribution in [1.82, 2.24) is 4.98 Å². The fourth-order valence-corrected chi connectivity index (χ4v) is 1.58. The number of rotatable bonds is 3. The number of aromatic amines is 1. The Labute approximate surface area is 108 Å². The molecule has 0 atom stereocenters. The van der Waals surface area contributed by atoms with Crippen molar-refractivity contribution in [2.45, 2.75) is 0 Å². The minimum Gasteiger partial charge on any atom is -0.366 e. The summed E-state index contributed by atoms with van der Waals surface area (Å²) in [6, 6.07) is 6.79. The van der Waals surface area contributed by atoms with Crippen LogP contribution in [0.1, 0.15) is 10.4 Å². The van der Waals surface area contributed by atoms with Gasteiger partial charge < -0.3 is 11.1 Å². The molecule has 6 nitrogen and oxygen atoms in total. The van der Waals surface area contributed by atoms with Crippen molar-refractivity contribution in [1.29, 1.82) is 0 Å². The number of H-pyrrole nitrogens is 1. The zero-order valence-corrected chi connectivity index (χ0v) is 10.0. The van der Waals surface area contributed by atoms with Crippen molar-refractivity contribution in [2.24, 2.45) is 5.73 Å². The van der Waals surface area contributed by atoms with Crippen LogP contribution >= 0.6 is 11.6 Å². The van der Waals surface area contributed by atoms with Gasteiger partial charge in [-0.1, -0.05) is 28.7 Å². The molecule has 1 aromatic heterocycles. The number of para-hydroxylation sites is 1. The van der Waals surface area contributed by atoms with Gasteiger partial charge in [0.25, 0.3) is 5.91 Å². The lowest BCUT2D eigenvalue weighted by molar-refractivity contribution is -0.363. The molecular formula is C11H11ClN5O+. The smallest absolute Gasteiger partial charge is 0.366 e. The van der Waals surface area contributed by atoms with Gasteiger partial charge in [0.1, 0.15) is 5.02 Å². The Morgan fingerprint density at radius 2 is 2.11 bits per heavy atom. The van der Waals surface area contributed by atoms with Crippen LogP contribution in [0.2, 0.25) is 5.02 Å². The molecule has 0 saturated heterocycles. The largest absolute Gasteiger partial charge is 0.389 e. The van der Waals surface area contributed by atoms with E-state index < -0.39 is 5.91 Å². The number of benzene rings is 1. The second-order valence-electron chi connectivity index (χ2n) is 3.52. The fourth-order valence-electron chi connectivity index (χ4n) is 1.43. The van der Waals surface area contributed by atoms with Crippen LogP contribution in [0.4, 0.5) is 17.5 Å². The van der Waals surface area contributed by atoms with E-state index in [0.29, 0.717) is 22.1 Å². The number of halogens is 1. The van der Waals surface area contributed by atoms with E-state index >= 15 is 0 Å². The van der Waals surface area contributed by atoms with E-state index in [1.165, 1.54) is 6.20 Å². The van der Waals surface area contributed by atoms with Gasteiger partial charge in [-0.15, -0.1) is 0 Å².